The zero-order valence-corrected chi connectivity index (χ0v) is 11.5. The summed E-state index contributed by atoms with van der Waals surface area (Å²) in [5, 5.41) is 22.4. The third-order valence-corrected chi connectivity index (χ3v) is 3.44. The molecule has 19 heavy (non-hydrogen) atoms. The van der Waals surface area contributed by atoms with Crippen molar-refractivity contribution in [2.75, 3.05) is 6.54 Å². The summed E-state index contributed by atoms with van der Waals surface area (Å²) in [7, 11) is 0. The molecule has 0 fully saturated rings. The molecule has 1 aromatic carbocycles. The fourth-order valence-corrected chi connectivity index (χ4v) is 2.09. The second kappa shape index (κ2) is 7.92. The molecule has 0 aliphatic heterocycles. The number of amides is 1. The maximum absolute atomic E-state index is 11.8. The van der Waals surface area contributed by atoms with Crippen LogP contribution in [0.25, 0.3) is 0 Å². The van der Waals surface area contributed by atoms with Crippen LogP contribution in [-0.2, 0) is 4.79 Å². The van der Waals surface area contributed by atoms with Gasteiger partial charge in [-0.3, -0.25) is 4.79 Å². The van der Waals surface area contributed by atoms with E-state index < -0.39 is 18.1 Å². The average molecular weight is 265 g/mol. The van der Waals surface area contributed by atoms with Crippen LogP contribution in [0.15, 0.2) is 30.3 Å². The van der Waals surface area contributed by atoms with Gasteiger partial charge in [-0.1, -0.05) is 57.0 Å². The normalized spacial score (nSPS) is 14.2. The first kappa shape index (κ1) is 15.7. The van der Waals surface area contributed by atoms with Gasteiger partial charge in [0.15, 0.2) is 6.10 Å². The minimum Gasteiger partial charge on any atom is -0.391 e. The number of aliphatic hydroxyl groups excluding tert-OH is 2. The number of rotatable bonds is 7. The van der Waals surface area contributed by atoms with Crippen molar-refractivity contribution < 1.29 is 15.0 Å². The number of benzene rings is 1. The van der Waals surface area contributed by atoms with Crippen molar-refractivity contribution in [2.24, 2.45) is 5.92 Å². The molecule has 4 heteroatoms. The summed E-state index contributed by atoms with van der Waals surface area (Å²) in [6.07, 6.45) is -0.0131. The molecule has 0 radical (unpaired) electrons. The number of aliphatic hydroxyl groups is 2. The number of hydrogen-bond acceptors (Lipinski definition) is 3. The molecule has 0 heterocycles. The highest BCUT2D eigenvalue weighted by Gasteiger charge is 2.20. The molecule has 3 N–H and O–H groups in total. The number of hydrogen-bond donors (Lipinski definition) is 3. The van der Waals surface area contributed by atoms with Crippen LogP contribution >= 0.6 is 0 Å². The van der Waals surface area contributed by atoms with Crippen LogP contribution in [0.2, 0.25) is 0 Å². The summed E-state index contributed by atoms with van der Waals surface area (Å²) in [6, 6.07) is 8.75. The van der Waals surface area contributed by atoms with Crippen molar-refractivity contribution in [2.45, 2.75) is 38.9 Å². The summed E-state index contributed by atoms with van der Waals surface area (Å²) < 4.78 is 0. The fraction of sp³-hybridized carbons (Fsp3) is 0.533. The topological polar surface area (TPSA) is 69.6 Å². The fourth-order valence-electron chi connectivity index (χ4n) is 2.09. The van der Waals surface area contributed by atoms with Gasteiger partial charge in [0.2, 0.25) is 0 Å². The first-order valence-electron chi connectivity index (χ1n) is 6.78. The average Bonchev–Trinajstić information content (AvgIpc) is 2.46. The van der Waals surface area contributed by atoms with Gasteiger partial charge in [0.25, 0.3) is 5.91 Å². The summed E-state index contributed by atoms with van der Waals surface area (Å²) in [5.41, 5.74) is 0.553. The third kappa shape index (κ3) is 4.65. The van der Waals surface area contributed by atoms with E-state index in [1.54, 1.807) is 24.3 Å². The van der Waals surface area contributed by atoms with Crippen molar-refractivity contribution in [1.29, 1.82) is 0 Å². The van der Waals surface area contributed by atoms with E-state index in [-0.39, 0.29) is 12.5 Å². The van der Waals surface area contributed by atoms with Crippen molar-refractivity contribution in [3.8, 4) is 0 Å². The van der Waals surface area contributed by atoms with E-state index in [0.29, 0.717) is 5.56 Å². The minimum atomic E-state index is -1.19. The predicted molar refractivity (Wildman–Crippen MR) is 74.5 cm³/mol. The Bertz CT molecular complexity index is 376. The van der Waals surface area contributed by atoms with Gasteiger partial charge in [-0.25, -0.2) is 0 Å². The Kier molecular flexibility index (Phi) is 6.53. The standard InChI is InChI=1S/C15H23NO3/c1-3-11(4-2)13(17)10-16-15(19)14(18)12-8-6-5-7-9-12/h5-9,11,13-14,17-18H,3-4,10H2,1-2H3,(H,16,19). The number of carbonyl (C=O) groups excluding carboxylic acids is 1. The monoisotopic (exact) mass is 265 g/mol. The maximum Gasteiger partial charge on any atom is 0.253 e. The molecule has 1 amide bonds. The van der Waals surface area contributed by atoms with Crippen LogP contribution in [0.3, 0.4) is 0 Å². The van der Waals surface area contributed by atoms with Crippen LogP contribution in [-0.4, -0.2) is 28.8 Å². The zero-order chi connectivity index (χ0) is 14.3. The first-order valence-corrected chi connectivity index (χ1v) is 6.78. The quantitative estimate of drug-likeness (QED) is 0.702. The second-order valence-electron chi connectivity index (χ2n) is 4.70. The van der Waals surface area contributed by atoms with Gasteiger partial charge >= 0.3 is 0 Å². The molecule has 0 spiro atoms. The predicted octanol–water partition coefficient (Wildman–Crippen LogP) is 1.63. The molecule has 0 bridgehead atoms. The molecular formula is C15H23NO3. The Labute approximate surface area is 114 Å². The lowest BCUT2D eigenvalue weighted by Crippen LogP contribution is -2.38. The lowest BCUT2D eigenvalue weighted by Gasteiger charge is -2.21. The lowest BCUT2D eigenvalue weighted by molar-refractivity contribution is -0.130. The molecule has 1 aromatic rings. The zero-order valence-electron chi connectivity index (χ0n) is 11.5. The Hall–Kier alpha value is -1.39. The van der Waals surface area contributed by atoms with Crippen LogP contribution < -0.4 is 5.32 Å². The highest BCUT2D eigenvalue weighted by molar-refractivity contribution is 5.81. The van der Waals surface area contributed by atoms with Crippen molar-refractivity contribution in [3.05, 3.63) is 35.9 Å². The van der Waals surface area contributed by atoms with Gasteiger partial charge < -0.3 is 15.5 Å². The summed E-state index contributed by atoms with van der Waals surface area (Å²) >= 11 is 0. The largest absolute Gasteiger partial charge is 0.391 e. The van der Waals surface area contributed by atoms with Gasteiger partial charge in [-0.05, 0) is 11.5 Å². The molecule has 0 aliphatic carbocycles. The van der Waals surface area contributed by atoms with E-state index in [1.165, 1.54) is 0 Å². The van der Waals surface area contributed by atoms with Gasteiger partial charge in [0, 0.05) is 6.54 Å². The molecule has 0 aliphatic rings. The Morgan fingerprint density at radius 2 is 1.74 bits per heavy atom. The molecule has 2 unspecified atom stereocenters. The molecular weight excluding hydrogens is 242 g/mol. The molecule has 106 valence electrons. The van der Waals surface area contributed by atoms with Gasteiger partial charge in [-0.15, -0.1) is 0 Å². The van der Waals surface area contributed by atoms with Crippen molar-refractivity contribution in [3.63, 3.8) is 0 Å². The van der Waals surface area contributed by atoms with E-state index in [9.17, 15) is 15.0 Å². The summed E-state index contributed by atoms with van der Waals surface area (Å²) in [5.74, 6) is -0.301. The van der Waals surface area contributed by atoms with Crippen molar-refractivity contribution in [1.82, 2.24) is 5.32 Å². The Balaban J connectivity index is 2.47. The van der Waals surface area contributed by atoms with E-state index in [4.69, 9.17) is 0 Å². The lowest BCUT2D eigenvalue weighted by atomic mass is 9.96. The molecule has 4 nitrogen and oxygen atoms in total. The SMILES string of the molecule is CCC(CC)C(O)CNC(=O)C(O)c1ccccc1. The van der Waals surface area contributed by atoms with Crippen LogP contribution in [0.5, 0.6) is 0 Å². The molecule has 2 atom stereocenters. The highest BCUT2D eigenvalue weighted by Crippen LogP contribution is 2.14. The van der Waals surface area contributed by atoms with Crippen LogP contribution in [0, 0.1) is 5.92 Å². The van der Waals surface area contributed by atoms with E-state index in [1.807, 2.05) is 19.9 Å². The van der Waals surface area contributed by atoms with Crippen LogP contribution in [0.4, 0.5) is 0 Å². The van der Waals surface area contributed by atoms with Gasteiger partial charge in [-0.2, -0.15) is 0 Å². The van der Waals surface area contributed by atoms with Crippen LogP contribution in [0.1, 0.15) is 38.4 Å². The maximum atomic E-state index is 11.8. The van der Waals surface area contributed by atoms with E-state index in [0.717, 1.165) is 12.8 Å². The summed E-state index contributed by atoms with van der Waals surface area (Å²) in [4.78, 5) is 11.8. The number of carbonyl (C=O) groups is 1. The minimum absolute atomic E-state index is 0.175. The Morgan fingerprint density at radius 1 is 1.16 bits per heavy atom. The molecule has 0 saturated carbocycles. The molecule has 0 aromatic heterocycles. The molecule has 0 saturated heterocycles. The second-order valence-corrected chi connectivity index (χ2v) is 4.70. The van der Waals surface area contributed by atoms with E-state index in [2.05, 4.69) is 5.32 Å². The first-order chi connectivity index (χ1) is 9.10. The highest BCUT2D eigenvalue weighted by atomic mass is 16.3. The summed E-state index contributed by atoms with van der Waals surface area (Å²) in [6.45, 7) is 4.20. The van der Waals surface area contributed by atoms with Gasteiger partial charge in [0.05, 0.1) is 6.10 Å². The van der Waals surface area contributed by atoms with Crippen molar-refractivity contribution >= 4 is 5.91 Å². The third-order valence-electron chi connectivity index (χ3n) is 3.44. The Morgan fingerprint density at radius 3 is 2.26 bits per heavy atom. The van der Waals surface area contributed by atoms with E-state index >= 15 is 0 Å². The number of nitrogens with one attached hydrogen (secondary N) is 1. The smallest absolute Gasteiger partial charge is 0.253 e. The molecule has 1 rings (SSSR count). The van der Waals surface area contributed by atoms with Gasteiger partial charge in [0.1, 0.15) is 0 Å².